The van der Waals surface area contributed by atoms with Crippen LogP contribution in [0, 0.1) is 10.4 Å². The Morgan fingerprint density at radius 2 is 2.00 bits per heavy atom. The van der Waals surface area contributed by atoms with Crippen LogP contribution < -0.4 is 5.06 Å². The van der Waals surface area contributed by atoms with Crippen LogP contribution in [0.4, 0.5) is 11.4 Å². The Bertz CT molecular complexity index is 398. The van der Waals surface area contributed by atoms with Gasteiger partial charge in [-0.05, 0) is 6.58 Å². The predicted molar refractivity (Wildman–Crippen MR) is 48.9 cm³/mol. The maximum absolute atomic E-state index is 11.5. The molecule has 0 radical (unpaired) electrons. The van der Waals surface area contributed by atoms with Gasteiger partial charge in [-0.1, -0.05) is 12.1 Å². The summed E-state index contributed by atoms with van der Waals surface area (Å²) in [6, 6.07) is 6.69. The van der Waals surface area contributed by atoms with E-state index in [9.17, 15) is 10.4 Å². The van der Waals surface area contributed by atoms with E-state index in [2.05, 4.69) is 6.58 Å². The molecular weight excluding hydrogens is 168 g/mol. The quantitative estimate of drug-likeness (QED) is 0.460. The number of nitrogens with zero attached hydrogens (tertiary/aromatic N) is 1. The SMILES string of the molecule is C=C1C=[N+]([O-])c2ccccc2[NH+]1[O-]. The smallest absolute Gasteiger partial charge is 0.278 e. The van der Waals surface area contributed by atoms with Crippen molar-refractivity contribution in [3.63, 3.8) is 0 Å². The summed E-state index contributed by atoms with van der Waals surface area (Å²) in [7, 11) is 0. The van der Waals surface area contributed by atoms with E-state index in [1.807, 2.05) is 0 Å². The van der Waals surface area contributed by atoms with E-state index < -0.39 is 0 Å². The Labute approximate surface area is 75.2 Å². The summed E-state index contributed by atoms with van der Waals surface area (Å²) < 4.78 is 0.666. The minimum atomic E-state index is -0.178. The highest BCUT2D eigenvalue weighted by Crippen LogP contribution is 2.21. The molecule has 0 saturated carbocycles. The lowest BCUT2D eigenvalue weighted by atomic mass is 10.2. The van der Waals surface area contributed by atoms with Crippen LogP contribution in [-0.2, 0) is 0 Å². The number of para-hydroxylation sites is 2. The fraction of sp³-hybridized carbons (Fsp3) is 0. The van der Waals surface area contributed by atoms with Gasteiger partial charge in [0.2, 0.25) is 11.9 Å². The number of quaternary nitrogens is 1. The van der Waals surface area contributed by atoms with Crippen LogP contribution in [0.25, 0.3) is 0 Å². The lowest BCUT2D eigenvalue weighted by Gasteiger charge is -2.24. The Hall–Kier alpha value is -1.65. The van der Waals surface area contributed by atoms with Crippen LogP contribution in [-0.4, -0.2) is 11.0 Å². The van der Waals surface area contributed by atoms with Gasteiger partial charge in [-0.25, -0.2) is 0 Å². The number of benzene rings is 1. The molecule has 0 aromatic heterocycles. The molecule has 1 heterocycles. The lowest BCUT2D eigenvalue weighted by molar-refractivity contribution is -0.731. The van der Waals surface area contributed by atoms with E-state index in [0.29, 0.717) is 16.1 Å². The average Bonchev–Trinajstić information content (AvgIpc) is 2.15. The van der Waals surface area contributed by atoms with Crippen LogP contribution in [0.3, 0.4) is 0 Å². The van der Waals surface area contributed by atoms with Crippen molar-refractivity contribution in [1.82, 2.24) is 0 Å². The summed E-state index contributed by atoms with van der Waals surface area (Å²) >= 11 is 0. The Kier molecular flexibility index (Phi) is 1.65. The number of hydrogen-bond donors (Lipinski definition) is 1. The molecule has 1 atom stereocenters. The number of rotatable bonds is 0. The van der Waals surface area contributed by atoms with Crippen molar-refractivity contribution in [3.05, 3.63) is 47.0 Å². The molecule has 1 aliphatic heterocycles. The monoisotopic (exact) mass is 176 g/mol. The third-order valence-corrected chi connectivity index (χ3v) is 1.95. The summed E-state index contributed by atoms with van der Waals surface area (Å²) in [5.74, 6) is 0. The van der Waals surface area contributed by atoms with Gasteiger partial charge in [0.1, 0.15) is 0 Å². The van der Waals surface area contributed by atoms with E-state index in [0.717, 1.165) is 0 Å². The first-order valence-corrected chi connectivity index (χ1v) is 3.84. The molecule has 0 saturated heterocycles. The third kappa shape index (κ3) is 1.12. The average molecular weight is 176 g/mol. The molecule has 1 aromatic rings. The fourth-order valence-corrected chi connectivity index (χ4v) is 1.30. The molecule has 13 heavy (non-hydrogen) atoms. The Morgan fingerprint density at radius 3 is 2.77 bits per heavy atom. The van der Waals surface area contributed by atoms with Crippen LogP contribution in [0.5, 0.6) is 0 Å². The summed E-state index contributed by atoms with van der Waals surface area (Å²) in [6.45, 7) is 3.50. The molecule has 1 unspecified atom stereocenters. The summed E-state index contributed by atoms with van der Waals surface area (Å²) in [4.78, 5) is 0. The Morgan fingerprint density at radius 1 is 1.31 bits per heavy atom. The highest BCUT2D eigenvalue weighted by atomic mass is 16.5. The van der Waals surface area contributed by atoms with Gasteiger partial charge in [-0.2, -0.15) is 4.74 Å². The van der Waals surface area contributed by atoms with Crippen LogP contribution in [0.2, 0.25) is 0 Å². The highest BCUT2D eigenvalue weighted by molar-refractivity contribution is 5.75. The molecule has 0 spiro atoms. The number of allylic oxidation sites excluding steroid dienone is 1. The number of hydrogen-bond acceptors (Lipinski definition) is 2. The van der Waals surface area contributed by atoms with Crippen molar-refractivity contribution in [1.29, 1.82) is 0 Å². The van der Waals surface area contributed by atoms with Gasteiger partial charge in [-0.15, -0.1) is 0 Å². The standard InChI is InChI=1S/C9H8N2O2/c1-7-6-10(12)8-4-2-3-5-9(8)11(7)13/h2-6,11H,1H2. The van der Waals surface area contributed by atoms with Gasteiger partial charge < -0.3 is 10.4 Å². The summed E-state index contributed by atoms with van der Waals surface area (Å²) in [6.07, 6.45) is 1.20. The lowest BCUT2D eigenvalue weighted by Crippen LogP contribution is -3.01. The second-order valence-electron chi connectivity index (χ2n) is 2.83. The van der Waals surface area contributed by atoms with Crippen molar-refractivity contribution >= 4 is 17.6 Å². The maximum Gasteiger partial charge on any atom is 0.278 e. The highest BCUT2D eigenvalue weighted by Gasteiger charge is 2.24. The zero-order valence-corrected chi connectivity index (χ0v) is 6.86. The van der Waals surface area contributed by atoms with Crippen LogP contribution in [0.1, 0.15) is 0 Å². The van der Waals surface area contributed by atoms with Gasteiger partial charge >= 0.3 is 0 Å². The molecule has 0 bridgehead atoms. The normalized spacial score (nSPS) is 20.8. The number of hydroxylamine groups is 1. The van der Waals surface area contributed by atoms with Crippen LogP contribution in [0.15, 0.2) is 36.5 Å². The number of fused-ring (bicyclic) bond motifs is 1. The topological polar surface area (TPSA) is 53.6 Å². The van der Waals surface area contributed by atoms with Crippen molar-refractivity contribution in [2.24, 2.45) is 0 Å². The molecule has 1 aliphatic rings. The van der Waals surface area contributed by atoms with E-state index >= 15 is 0 Å². The Balaban J connectivity index is 2.65. The van der Waals surface area contributed by atoms with Crippen molar-refractivity contribution in [3.8, 4) is 0 Å². The van der Waals surface area contributed by atoms with E-state index in [1.165, 1.54) is 6.21 Å². The second-order valence-corrected chi connectivity index (χ2v) is 2.83. The van der Waals surface area contributed by atoms with Gasteiger partial charge in [0.05, 0.1) is 0 Å². The minimum Gasteiger partial charge on any atom is -0.623 e. The van der Waals surface area contributed by atoms with E-state index in [1.54, 1.807) is 24.3 Å². The largest absolute Gasteiger partial charge is 0.623 e. The van der Waals surface area contributed by atoms with Gasteiger partial charge in [0.25, 0.3) is 5.69 Å². The van der Waals surface area contributed by atoms with Crippen molar-refractivity contribution in [2.45, 2.75) is 0 Å². The van der Waals surface area contributed by atoms with Gasteiger partial charge in [-0.3, -0.25) is 5.06 Å². The first kappa shape index (κ1) is 7.97. The molecule has 0 amide bonds. The first-order valence-electron chi connectivity index (χ1n) is 3.84. The second kappa shape index (κ2) is 2.69. The molecule has 4 heteroatoms. The van der Waals surface area contributed by atoms with Crippen molar-refractivity contribution in [2.75, 3.05) is 0 Å². The molecule has 4 nitrogen and oxygen atoms in total. The van der Waals surface area contributed by atoms with E-state index in [4.69, 9.17) is 0 Å². The molecule has 2 rings (SSSR count). The zero-order valence-electron chi connectivity index (χ0n) is 6.86. The maximum atomic E-state index is 11.5. The fourth-order valence-electron chi connectivity index (χ4n) is 1.30. The summed E-state index contributed by atoms with van der Waals surface area (Å²) in [5, 5.41) is 22.6. The van der Waals surface area contributed by atoms with Crippen molar-refractivity contribution < 1.29 is 9.80 Å². The predicted octanol–water partition coefficient (Wildman–Crippen LogP) is 0.441. The minimum absolute atomic E-state index is 0.178. The van der Waals surface area contributed by atoms with Gasteiger partial charge in [0.15, 0.2) is 5.70 Å². The third-order valence-electron chi connectivity index (χ3n) is 1.95. The molecule has 0 fully saturated rings. The van der Waals surface area contributed by atoms with Crippen LogP contribution >= 0.6 is 0 Å². The summed E-state index contributed by atoms with van der Waals surface area (Å²) in [5.41, 5.74) is 1.04. The first-order chi connectivity index (χ1) is 6.20. The molecule has 0 aliphatic carbocycles. The molecular formula is C9H8N2O2. The molecule has 66 valence electrons. The zero-order chi connectivity index (χ0) is 9.42. The molecule has 1 N–H and O–H groups in total. The van der Waals surface area contributed by atoms with E-state index in [-0.39, 0.29) is 10.8 Å². The molecule has 1 aromatic carbocycles. The number of nitrogens with one attached hydrogen (secondary N) is 1. The van der Waals surface area contributed by atoms with Gasteiger partial charge in [0, 0.05) is 12.1 Å².